The first-order chi connectivity index (χ1) is 8.72. The van der Waals surface area contributed by atoms with Crippen LogP contribution in [0.15, 0.2) is 0 Å². The van der Waals surface area contributed by atoms with Crippen LogP contribution in [0.4, 0.5) is 0 Å². The van der Waals surface area contributed by atoms with Crippen LogP contribution < -0.4 is 5.32 Å². The molecular formula is C16H32N2. The second-order valence-corrected chi connectivity index (χ2v) is 6.68. The van der Waals surface area contributed by atoms with Gasteiger partial charge in [-0.1, -0.05) is 26.2 Å². The first-order valence-corrected chi connectivity index (χ1v) is 8.10. The Morgan fingerprint density at radius 2 is 1.83 bits per heavy atom. The Morgan fingerprint density at radius 3 is 2.56 bits per heavy atom. The first kappa shape index (κ1) is 14.3. The summed E-state index contributed by atoms with van der Waals surface area (Å²) in [7, 11) is 4.49. The molecule has 4 atom stereocenters. The monoisotopic (exact) mass is 252 g/mol. The van der Waals surface area contributed by atoms with Crippen molar-refractivity contribution in [2.75, 3.05) is 20.6 Å². The Morgan fingerprint density at radius 1 is 1.06 bits per heavy atom. The van der Waals surface area contributed by atoms with Crippen LogP contribution in [0.5, 0.6) is 0 Å². The van der Waals surface area contributed by atoms with Gasteiger partial charge in [0.1, 0.15) is 0 Å². The van der Waals surface area contributed by atoms with Crippen molar-refractivity contribution in [2.24, 2.45) is 11.8 Å². The van der Waals surface area contributed by atoms with Crippen LogP contribution in [0.1, 0.15) is 58.3 Å². The number of hydrogen-bond acceptors (Lipinski definition) is 2. The van der Waals surface area contributed by atoms with E-state index in [1.165, 1.54) is 57.9 Å². The van der Waals surface area contributed by atoms with Crippen molar-refractivity contribution in [1.29, 1.82) is 0 Å². The molecule has 0 aromatic rings. The highest BCUT2D eigenvalue weighted by Crippen LogP contribution is 2.30. The summed E-state index contributed by atoms with van der Waals surface area (Å²) in [4.78, 5) is 2.66. The molecule has 2 heteroatoms. The molecule has 0 heterocycles. The second-order valence-electron chi connectivity index (χ2n) is 6.68. The molecule has 2 nitrogen and oxygen atoms in total. The van der Waals surface area contributed by atoms with E-state index in [1.807, 2.05) is 0 Å². The van der Waals surface area contributed by atoms with Gasteiger partial charge in [-0.05, 0) is 64.6 Å². The molecule has 0 amide bonds. The highest BCUT2D eigenvalue weighted by Gasteiger charge is 2.28. The Labute approximate surface area is 114 Å². The smallest absolute Gasteiger partial charge is 0.0118 e. The fourth-order valence-corrected chi connectivity index (χ4v) is 4.25. The zero-order chi connectivity index (χ0) is 13.0. The maximum atomic E-state index is 3.51. The molecular weight excluding hydrogens is 220 g/mol. The second kappa shape index (κ2) is 6.91. The van der Waals surface area contributed by atoms with Crippen molar-refractivity contribution in [3.8, 4) is 0 Å². The van der Waals surface area contributed by atoms with Gasteiger partial charge in [-0.2, -0.15) is 0 Å². The summed E-state index contributed by atoms with van der Waals surface area (Å²) >= 11 is 0. The van der Waals surface area contributed by atoms with Gasteiger partial charge in [0.15, 0.2) is 0 Å². The summed E-state index contributed by atoms with van der Waals surface area (Å²) in [6.45, 7) is 3.75. The summed E-state index contributed by atoms with van der Waals surface area (Å²) in [6, 6.07) is 1.65. The lowest BCUT2D eigenvalue weighted by atomic mass is 9.85. The predicted octanol–water partition coefficient (Wildman–Crippen LogP) is 3.28. The lowest BCUT2D eigenvalue weighted by molar-refractivity contribution is 0.130. The van der Waals surface area contributed by atoms with Crippen molar-refractivity contribution >= 4 is 0 Å². The molecule has 4 unspecified atom stereocenters. The summed E-state index contributed by atoms with van der Waals surface area (Å²) in [5, 5.41) is 3.51. The molecule has 106 valence electrons. The van der Waals surface area contributed by atoms with Gasteiger partial charge < -0.3 is 10.2 Å². The lowest BCUT2D eigenvalue weighted by Crippen LogP contribution is -2.40. The van der Waals surface area contributed by atoms with E-state index in [9.17, 15) is 0 Å². The van der Waals surface area contributed by atoms with Crippen molar-refractivity contribution in [3.63, 3.8) is 0 Å². The van der Waals surface area contributed by atoms with Gasteiger partial charge in [-0.15, -0.1) is 0 Å². The Hall–Kier alpha value is -0.0800. The molecule has 2 rings (SSSR count). The van der Waals surface area contributed by atoms with E-state index < -0.39 is 0 Å². The average molecular weight is 252 g/mol. The summed E-state index contributed by atoms with van der Waals surface area (Å²) in [5.74, 6) is 1.84. The Kier molecular flexibility index (Phi) is 5.50. The van der Waals surface area contributed by atoms with E-state index in [4.69, 9.17) is 0 Å². The van der Waals surface area contributed by atoms with E-state index in [0.29, 0.717) is 0 Å². The molecule has 0 aromatic heterocycles. The number of hydrogen-bond donors (Lipinski definition) is 1. The van der Waals surface area contributed by atoms with Crippen molar-refractivity contribution < 1.29 is 0 Å². The molecule has 2 aliphatic rings. The minimum atomic E-state index is 0.794. The molecule has 0 aromatic carbocycles. The van der Waals surface area contributed by atoms with Crippen molar-refractivity contribution in [2.45, 2.75) is 70.4 Å². The van der Waals surface area contributed by atoms with Gasteiger partial charge in [0, 0.05) is 12.1 Å². The quantitative estimate of drug-likeness (QED) is 0.808. The minimum Gasteiger partial charge on any atom is -0.317 e. The fourth-order valence-electron chi connectivity index (χ4n) is 4.25. The van der Waals surface area contributed by atoms with Gasteiger partial charge >= 0.3 is 0 Å². The number of rotatable bonds is 5. The molecule has 18 heavy (non-hydrogen) atoms. The van der Waals surface area contributed by atoms with E-state index in [-0.39, 0.29) is 0 Å². The molecule has 2 fully saturated rings. The van der Waals surface area contributed by atoms with Crippen LogP contribution in [0.3, 0.4) is 0 Å². The van der Waals surface area contributed by atoms with E-state index in [1.54, 1.807) is 0 Å². The van der Waals surface area contributed by atoms with Gasteiger partial charge in [0.25, 0.3) is 0 Å². The largest absolute Gasteiger partial charge is 0.317 e. The zero-order valence-corrected chi connectivity index (χ0v) is 12.6. The molecule has 2 aliphatic carbocycles. The SMILES string of the molecule is CNC1CCCC1CCN(C)C1CCCCC1C. The van der Waals surface area contributed by atoms with Crippen molar-refractivity contribution in [1.82, 2.24) is 10.2 Å². The summed E-state index contributed by atoms with van der Waals surface area (Å²) in [5.41, 5.74) is 0. The lowest BCUT2D eigenvalue weighted by Gasteiger charge is -2.37. The molecule has 0 saturated heterocycles. The maximum Gasteiger partial charge on any atom is 0.0118 e. The number of nitrogens with one attached hydrogen (secondary N) is 1. The Bertz CT molecular complexity index is 241. The maximum absolute atomic E-state index is 3.51. The van der Waals surface area contributed by atoms with Crippen LogP contribution in [-0.4, -0.2) is 37.6 Å². The minimum absolute atomic E-state index is 0.794. The Balaban J connectivity index is 1.75. The van der Waals surface area contributed by atoms with Crippen LogP contribution in [0, 0.1) is 11.8 Å². The van der Waals surface area contributed by atoms with Gasteiger partial charge in [0.05, 0.1) is 0 Å². The third-order valence-electron chi connectivity index (χ3n) is 5.51. The van der Waals surface area contributed by atoms with E-state index in [0.717, 1.165) is 23.9 Å². The molecule has 0 bridgehead atoms. The highest BCUT2D eigenvalue weighted by molar-refractivity contribution is 4.84. The zero-order valence-electron chi connectivity index (χ0n) is 12.6. The third kappa shape index (κ3) is 3.48. The van der Waals surface area contributed by atoms with Crippen LogP contribution in [-0.2, 0) is 0 Å². The molecule has 0 aliphatic heterocycles. The number of nitrogens with zero attached hydrogens (tertiary/aromatic N) is 1. The predicted molar refractivity (Wildman–Crippen MR) is 78.9 cm³/mol. The van der Waals surface area contributed by atoms with Gasteiger partial charge in [0.2, 0.25) is 0 Å². The molecule has 0 radical (unpaired) electrons. The van der Waals surface area contributed by atoms with Gasteiger partial charge in [-0.3, -0.25) is 0 Å². The van der Waals surface area contributed by atoms with Crippen molar-refractivity contribution in [3.05, 3.63) is 0 Å². The van der Waals surface area contributed by atoms with E-state index >= 15 is 0 Å². The summed E-state index contributed by atoms with van der Waals surface area (Å²) in [6.07, 6.45) is 11.4. The molecule has 1 N–H and O–H groups in total. The standard InChI is InChI=1S/C16H32N2/c1-13-7-4-5-10-16(13)18(3)12-11-14-8-6-9-15(14)17-2/h13-17H,4-12H2,1-3H3. The molecule has 2 saturated carbocycles. The fraction of sp³-hybridized carbons (Fsp3) is 1.00. The molecule has 0 spiro atoms. The average Bonchev–Trinajstić information content (AvgIpc) is 2.84. The first-order valence-electron chi connectivity index (χ1n) is 8.10. The highest BCUT2D eigenvalue weighted by atomic mass is 15.1. The van der Waals surface area contributed by atoms with Crippen LogP contribution >= 0.6 is 0 Å². The topological polar surface area (TPSA) is 15.3 Å². The third-order valence-corrected chi connectivity index (χ3v) is 5.51. The summed E-state index contributed by atoms with van der Waals surface area (Å²) < 4.78 is 0. The van der Waals surface area contributed by atoms with Crippen LogP contribution in [0.25, 0.3) is 0 Å². The van der Waals surface area contributed by atoms with Gasteiger partial charge in [-0.25, -0.2) is 0 Å². The van der Waals surface area contributed by atoms with Crippen LogP contribution in [0.2, 0.25) is 0 Å². The normalized spacial score (nSPS) is 37.3. The van der Waals surface area contributed by atoms with E-state index in [2.05, 4.69) is 31.2 Å².